The first-order chi connectivity index (χ1) is 17.8. The number of carbonyl (C=O) groups is 3. The number of amides is 1. The molecule has 4 N–H and O–H groups in total. The second-order valence-corrected chi connectivity index (χ2v) is 9.87. The van der Waals surface area contributed by atoms with E-state index in [9.17, 15) is 19.5 Å². The Morgan fingerprint density at radius 1 is 1.11 bits per heavy atom. The number of likely N-dealkylation sites (tertiary alicyclic amines) is 1. The largest absolute Gasteiger partial charge is 0.480 e. The second kappa shape index (κ2) is 14.4. The van der Waals surface area contributed by atoms with Crippen molar-refractivity contribution < 1.29 is 39.5 Å². The average molecular weight is 522 g/mol. The van der Waals surface area contributed by atoms with Crippen LogP contribution in [0, 0.1) is 5.92 Å². The number of hydrogen-bond acceptors (Lipinski definition) is 9. The highest BCUT2D eigenvalue weighted by Crippen LogP contribution is 2.40. The van der Waals surface area contributed by atoms with Crippen molar-refractivity contribution in [3.05, 3.63) is 35.9 Å². The molecular formula is C26H39N3O8. The Hall–Kier alpha value is -2.57. The van der Waals surface area contributed by atoms with Crippen LogP contribution in [-0.4, -0.2) is 81.0 Å². The fourth-order valence-corrected chi connectivity index (χ4v) is 5.44. The molecule has 1 aliphatic heterocycles. The van der Waals surface area contributed by atoms with E-state index >= 15 is 0 Å². The fourth-order valence-electron chi connectivity index (χ4n) is 5.44. The normalized spacial score (nSPS) is 22.9. The quantitative estimate of drug-likeness (QED) is 0.163. The van der Waals surface area contributed by atoms with Crippen LogP contribution in [0.4, 0.5) is 0 Å². The second-order valence-electron chi connectivity index (χ2n) is 9.87. The van der Waals surface area contributed by atoms with Crippen molar-refractivity contribution in [2.45, 2.75) is 88.9 Å². The Balaban J connectivity index is 1.62. The molecule has 1 amide bonds. The summed E-state index contributed by atoms with van der Waals surface area (Å²) in [5, 5.41) is 29.7. The standard InChI is InChI=1S/C26H39N3O8/c1-18(24(30)28-22-12-6-5-11-20(22)17-23(28)25(31)32)27-21(14-13-19-9-3-2-4-10-19)26(33)36-15-7-8-16-37-29(34)35/h2-4,9-10,18,20-23,27,34-35H,5-8,11-17H2,1H3,(H,31,32). The maximum Gasteiger partial charge on any atom is 0.326 e. The lowest BCUT2D eigenvalue weighted by Crippen LogP contribution is -2.55. The zero-order valence-electron chi connectivity index (χ0n) is 21.3. The first kappa shape index (κ1) is 29.0. The van der Waals surface area contributed by atoms with Gasteiger partial charge in [0.1, 0.15) is 12.1 Å². The van der Waals surface area contributed by atoms with Gasteiger partial charge in [-0.05, 0) is 63.4 Å². The van der Waals surface area contributed by atoms with Gasteiger partial charge in [-0.25, -0.2) is 4.79 Å². The number of aliphatic carboxylic acids is 1. The van der Waals surface area contributed by atoms with Gasteiger partial charge in [0.15, 0.2) is 0 Å². The molecule has 206 valence electrons. The Labute approximate surface area is 217 Å². The molecule has 11 nitrogen and oxygen atoms in total. The van der Waals surface area contributed by atoms with Crippen LogP contribution in [0.15, 0.2) is 30.3 Å². The number of carbonyl (C=O) groups excluding carboxylic acids is 2. The molecule has 2 fully saturated rings. The highest BCUT2D eigenvalue weighted by atomic mass is 17.1. The summed E-state index contributed by atoms with van der Waals surface area (Å²) in [6, 6.07) is 7.26. The van der Waals surface area contributed by atoms with E-state index in [2.05, 4.69) is 10.2 Å². The van der Waals surface area contributed by atoms with Crippen LogP contribution in [0.5, 0.6) is 0 Å². The van der Waals surface area contributed by atoms with E-state index in [1.165, 1.54) is 0 Å². The molecule has 0 radical (unpaired) electrons. The number of fused-ring (bicyclic) bond motifs is 1. The minimum absolute atomic E-state index is 0.0501. The van der Waals surface area contributed by atoms with Gasteiger partial charge in [-0.2, -0.15) is 0 Å². The number of benzene rings is 1. The molecule has 2 aliphatic rings. The van der Waals surface area contributed by atoms with Crippen molar-refractivity contribution in [3.63, 3.8) is 0 Å². The lowest BCUT2D eigenvalue weighted by molar-refractivity contribution is -0.492. The lowest BCUT2D eigenvalue weighted by Gasteiger charge is -2.35. The van der Waals surface area contributed by atoms with E-state index in [0.717, 1.165) is 31.2 Å². The van der Waals surface area contributed by atoms with Gasteiger partial charge >= 0.3 is 11.9 Å². The van der Waals surface area contributed by atoms with E-state index in [4.69, 9.17) is 15.2 Å². The summed E-state index contributed by atoms with van der Waals surface area (Å²) in [6.07, 6.45) is 6.15. The van der Waals surface area contributed by atoms with E-state index in [-0.39, 0.29) is 36.5 Å². The average Bonchev–Trinajstić information content (AvgIpc) is 3.28. The maximum absolute atomic E-state index is 13.5. The third-order valence-electron chi connectivity index (χ3n) is 7.29. The SMILES string of the molecule is CC(NC(CCc1ccccc1)C(=O)OCCCCON(O)O)C(=O)N1C(C(=O)O)CC2CCCCC21. The van der Waals surface area contributed by atoms with E-state index < -0.39 is 30.1 Å². The smallest absolute Gasteiger partial charge is 0.326 e. The van der Waals surface area contributed by atoms with Gasteiger partial charge in [-0.3, -0.25) is 30.2 Å². The van der Waals surface area contributed by atoms with Crippen LogP contribution in [-0.2, 0) is 30.4 Å². The maximum atomic E-state index is 13.5. The number of esters is 1. The molecule has 0 spiro atoms. The van der Waals surface area contributed by atoms with E-state index in [1.807, 2.05) is 30.3 Å². The molecular weight excluding hydrogens is 482 g/mol. The van der Waals surface area contributed by atoms with Crippen molar-refractivity contribution in [2.75, 3.05) is 13.2 Å². The first-order valence-corrected chi connectivity index (χ1v) is 13.1. The van der Waals surface area contributed by atoms with Crippen LogP contribution in [0.25, 0.3) is 0 Å². The number of unbranched alkanes of at least 4 members (excludes halogenated alkanes) is 1. The van der Waals surface area contributed by atoms with Gasteiger partial charge in [0.05, 0.1) is 24.6 Å². The summed E-state index contributed by atoms with van der Waals surface area (Å²) in [4.78, 5) is 44.5. The number of hydrogen-bond donors (Lipinski definition) is 4. The van der Waals surface area contributed by atoms with E-state index in [1.54, 1.807) is 11.8 Å². The predicted octanol–water partition coefficient (Wildman–Crippen LogP) is 2.55. The number of ether oxygens (including phenoxy) is 1. The summed E-state index contributed by atoms with van der Waals surface area (Å²) < 4.78 is 5.44. The van der Waals surface area contributed by atoms with Crippen LogP contribution < -0.4 is 5.32 Å². The van der Waals surface area contributed by atoms with Crippen molar-refractivity contribution in [2.24, 2.45) is 5.92 Å². The van der Waals surface area contributed by atoms with Gasteiger partial charge in [0, 0.05) is 6.04 Å². The van der Waals surface area contributed by atoms with Gasteiger partial charge < -0.3 is 14.7 Å². The van der Waals surface area contributed by atoms with Crippen LogP contribution in [0.2, 0.25) is 0 Å². The monoisotopic (exact) mass is 521 g/mol. The molecule has 5 atom stereocenters. The lowest BCUT2D eigenvalue weighted by atomic mass is 9.84. The molecule has 5 unspecified atom stereocenters. The zero-order chi connectivity index (χ0) is 26.8. The molecule has 1 aromatic carbocycles. The van der Waals surface area contributed by atoms with Crippen LogP contribution >= 0.6 is 0 Å². The summed E-state index contributed by atoms with van der Waals surface area (Å²) in [6.45, 7) is 1.84. The van der Waals surface area contributed by atoms with Crippen molar-refractivity contribution in [1.29, 1.82) is 0 Å². The Morgan fingerprint density at radius 3 is 2.51 bits per heavy atom. The summed E-state index contributed by atoms with van der Waals surface area (Å²) >= 11 is 0. The van der Waals surface area contributed by atoms with Crippen molar-refractivity contribution in [1.82, 2.24) is 15.6 Å². The number of carboxylic acid groups (broad SMARTS) is 1. The van der Waals surface area contributed by atoms with Crippen molar-refractivity contribution >= 4 is 17.8 Å². The minimum atomic E-state index is -0.982. The molecule has 1 saturated heterocycles. The number of aryl methyl sites for hydroxylation is 1. The third-order valence-corrected chi connectivity index (χ3v) is 7.29. The minimum Gasteiger partial charge on any atom is -0.480 e. The van der Waals surface area contributed by atoms with Crippen LogP contribution in [0.3, 0.4) is 0 Å². The van der Waals surface area contributed by atoms with Gasteiger partial charge in [0.25, 0.3) is 0 Å². The molecule has 3 rings (SSSR count). The molecule has 1 aliphatic carbocycles. The summed E-state index contributed by atoms with van der Waals surface area (Å²) in [7, 11) is 0. The topological polar surface area (TPSA) is 149 Å². The van der Waals surface area contributed by atoms with Crippen molar-refractivity contribution in [3.8, 4) is 0 Å². The molecule has 0 aromatic heterocycles. The molecule has 1 aromatic rings. The van der Waals surface area contributed by atoms with Crippen LogP contribution in [0.1, 0.15) is 63.9 Å². The fraction of sp³-hybridized carbons (Fsp3) is 0.654. The third kappa shape index (κ3) is 8.47. The number of nitrogens with one attached hydrogen (secondary N) is 1. The number of carboxylic acids is 1. The molecule has 0 bridgehead atoms. The Bertz CT molecular complexity index is 884. The molecule has 37 heavy (non-hydrogen) atoms. The zero-order valence-corrected chi connectivity index (χ0v) is 21.3. The highest BCUT2D eigenvalue weighted by Gasteiger charge is 2.48. The summed E-state index contributed by atoms with van der Waals surface area (Å²) in [5.41, 5.74) is 1.05. The van der Waals surface area contributed by atoms with E-state index in [0.29, 0.717) is 32.1 Å². The highest BCUT2D eigenvalue weighted by molar-refractivity contribution is 5.88. The first-order valence-electron chi connectivity index (χ1n) is 13.1. The molecule has 1 saturated carbocycles. The molecule has 11 heteroatoms. The number of rotatable bonds is 14. The predicted molar refractivity (Wildman–Crippen MR) is 131 cm³/mol. The Morgan fingerprint density at radius 2 is 1.81 bits per heavy atom. The van der Waals surface area contributed by atoms with Gasteiger partial charge in [-0.1, -0.05) is 43.2 Å². The Kier molecular flexibility index (Phi) is 11.3. The van der Waals surface area contributed by atoms with Gasteiger partial charge in [-0.15, -0.1) is 0 Å². The molecule has 1 heterocycles. The van der Waals surface area contributed by atoms with Gasteiger partial charge in [0.2, 0.25) is 5.91 Å². The number of nitrogens with zero attached hydrogens (tertiary/aromatic N) is 2. The summed E-state index contributed by atoms with van der Waals surface area (Å²) in [5.74, 6) is -1.56.